The van der Waals surface area contributed by atoms with Gasteiger partial charge in [0.1, 0.15) is 0 Å². The number of amides is 1. The molecule has 3 nitrogen and oxygen atoms in total. The molecule has 0 saturated carbocycles. The molecule has 80 valence electrons. The van der Waals surface area contributed by atoms with E-state index in [4.69, 9.17) is 0 Å². The lowest BCUT2D eigenvalue weighted by Crippen LogP contribution is -2.31. The minimum absolute atomic E-state index is 0.203. The van der Waals surface area contributed by atoms with E-state index in [2.05, 4.69) is 29.7 Å². The summed E-state index contributed by atoms with van der Waals surface area (Å²) in [6, 6.07) is 0. The van der Waals surface area contributed by atoms with Crippen molar-refractivity contribution in [2.45, 2.75) is 26.2 Å². The van der Waals surface area contributed by atoms with Crippen molar-refractivity contribution in [1.29, 1.82) is 0 Å². The zero-order valence-corrected chi connectivity index (χ0v) is 8.88. The normalized spacial score (nSPS) is 16.1. The van der Waals surface area contributed by atoms with Gasteiger partial charge >= 0.3 is 0 Å². The Labute approximate surface area is 86.0 Å². The van der Waals surface area contributed by atoms with Crippen LogP contribution in [0.1, 0.15) is 26.2 Å². The van der Waals surface area contributed by atoms with Gasteiger partial charge in [0, 0.05) is 12.5 Å². The number of nitrogens with one attached hydrogen (secondary N) is 2. The second-order valence-electron chi connectivity index (χ2n) is 3.64. The number of hydrogen-bond donors (Lipinski definition) is 2. The Morgan fingerprint density at radius 1 is 1.36 bits per heavy atom. The van der Waals surface area contributed by atoms with Gasteiger partial charge in [0.15, 0.2) is 0 Å². The summed E-state index contributed by atoms with van der Waals surface area (Å²) in [6.45, 7) is 4.87. The molecule has 0 aromatic rings. The Kier molecular flexibility index (Phi) is 5.30. The van der Waals surface area contributed by atoms with Gasteiger partial charge in [-0.1, -0.05) is 19.1 Å². The van der Waals surface area contributed by atoms with Crippen LogP contribution < -0.4 is 10.6 Å². The minimum atomic E-state index is 0.203. The maximum absolute atomic E-state index is 11.5. The third-order valence-corrected chi connectivity index (χ3v) is 2.46. The summed E-state index contributed by atoms with van der Waals surface area (Å²) >= 11 is 0. The molecule has 1 aliphatic carbocycles. The molecule has 0 aliphatic heterocycles. The number of rotatable bonds is 6. The van der Waals surface area contributed by atoms with E-state index in [-0.39, 0.29) is 11.8 Å². The second kappa shape index (κ2) is 6.60. The molecule has 0 heterocycles. The largest absolute Gasteiger partial charge is 0.356 e. The molecule has 3 heteroatoms. The lowest BCUT2D eigenvalue weighted by molar-refractivity contribution is -0.124. The van der Waals surface area contributed by atoms with Crippen LogP contribution in [0.2, 0.25) is 0 Å². The second-order valence-corrected chi connectivity index (χ2v) is 3.64. The van der Waals surface area contributed by atoms with E-state index in [1.807, 2.05) is 0 Å². The Morgan fingerprint density at radius 3 is 2.71 bits per heavy atom. The van der Waals surface area contributed by atoms with Crippen LogP contribution in [0.3, 0.4) is 0 Å². The van der Waals surface area contributed by atoms with Crippen molar-refractivity contribution in [3.63, 3.8) is 0 Å². The Hall–Kier alpha value is -0.830. The summed E-state index contributed by atoms with van der Waals surface area (Å²) in [7, 11) is 0. The molecular formula is C11H20N2O. The van der Waals surface area contributed by atoms with Gasteiger partial charge in [0.2, 0.25) is 5.91 Å². The molecule has 0 unspecified atom stereocenters. The zero-order chi connectivity index (χ0) is 10.2. The van der Waals surface area contributed by atoms with E-state index >= 15 is 0 Å². The van der Waals surface area contributed by atoms with Crippen molar-refractivity contribution in [2.24, 2.45) is 5.92 Å². The Bertz CT molecular complexity index is 193. The van der Waals surface area contributed by atoms with E-state index in [9.17, 15) is 4.79 Å². The van der Waals surface area contributed by atoms with E-state index < -0.39 is 0 Å². The van der Waals surface area contributed by atoms with E-state index in [1.54, 1.807) is 0 Å². The molecule has 1 aliphatic rings. The van der Waals surface area contributed by atoms with Crippen LogP contribution in [0.5, 0.6) is 0 Å². The molecule has 0 fully saturated rings. The molecular weight excluding hydrogens is 176 g/mol. The standard InChI is InChI=1S/C11H20N2O/c1-2-12-8-5-9-13-11(14)10-6-3-4-7-10/h3-4,10,12H,2,5-9H2,1H3,(H,13,14). The predicted molar refractivity (Wildman–Crippen MR) is 58.0 cm³/mol. The highest BCUT2D eigenvalue weighted by atomic mass is 16.1. The molecule has 0 radical (unpaired) electrons. The highest BCUT2D eigenvalue weighted by Gasteiger charge is 2.17. The van der Waals surface area contributed by atoms with Crippen molar-refractivity contribution >= 4 is 5.91 Å². The average molecular weight is 196 g/mol. The van der Waals surface area contributed by atoms with Gasteiger partial charge in [-0.3, -0.25) is 4.79 Å². The SMILES string of the molecule is CCNCCCNC(=O)C1CC=CC1. The highest BCUT2D eigenvalue weighted by molar-refractivity contribution is 5.79. The maximum Gasteiger partial charge on any atom is 0.223 e. The van der Waals surface area contributed by atoms with Gasteiger partial charge in [-0.2, -0.15) is 0 Å². The van der Waals surface area contributed by atoms with Crippen LogP contribution >= 0.6 is 0 Å². The molecule has 0 saturated heterocycles. The molecule has 0 atom stereocenters. The van der Waals surface area contributed by atoms with E-state index in [1.165, 1.54) is 0 Å². The highest BCUT2D eigenvalue weighted by Crippen LogP contribution is 2.17. The van der Waals surface area contributed by atoms with E-state index in [0.29, 0.717) is 0 Å². The van der Waals surface area contributed by atoms with Gasteiger partial charge in [-0.05, 0) is 32.4 Å². The third-order valence-electron chi connectivity index (χ3n) is 2.46. The topological polar surface area (TPSA) is 41.1 Å². The Morgan fingerprint density at radius 2 is 2.07 bits per heavy atom. The van der Waals surface area contributed by atoms with Crippen LogP contribution in [-0.4, -0.2) is 25.5 Å². The zero-order valence-electron chi connectivity index (χ0n) is 8.88. The molecule has 0 aromatic heterocycles. The molecule has 1 rings (SSSR count). The van der Waals surface area contributed by atoms with Crippen molar-refractivity contribution in [3.8, 4) is 0 Å². The fourth-order valence-electron chi connectivity index (χ4n) is 1.58. The number of carbonyl (C=O) groups excluding carboxylic acids is 1. The first-order chi connectivity index (χ1) is 6.84. The molecule has 0 bridgehead atoms. The number of allylic oxidation sites excluding steroid dienone is 2. The number of carbonyl (C=O) groups is 1. The third kappa shape index (κ3) is 3.92. The van der Waals surface area contributed by atoms with Crippen LogP contribution in [0.15, 0.2) is 12.2 Å². The van der Waals surface area contributed by atoms with Crippen molar-refractivity contribution in [2.75, 3.05) is 19.6 Å². The fourth-order valence-corrected chi connectivity index (χ4v) is 1.58. The lowest BCUT2D eigenvalue weighted by Gasteiger charge is -2.10. The summed E-state index contributed by atoms with van der Waals surface area (Å²) in [6.07, 6.45) is 7.02. The fraction of sp³-hybridized carbons (Fsp3) is 0.727. The Balaban J connectivity index is 1.98. The van der Waals surface area contributed by atoms with Gasteiger partial charge in [0.25, 0.3) is 0 Å². The van der Waals surface area contributed by atoms with Gasteiger partial charge in [-0.25, -0.2) is 0 Å². The molecule has 2 N–H and O–H groups in total. The average Bonchev–Trinajstić information content (AvgIpc) is 2.70. The first-order valence-electron chi connectivity index (χ1n) is 5.48. The first kappa shape index (κ1) is 11.2. The predicted octanol–water partition coefficient (Wildman–Crippen LogP) is 1.07. The van der Waals surface area contributed by atoms with E-state index in [0.717, 1.165) is 38.9 Å². The minimum Gasteiger partial charge on any atom is -0.356 e. The molecule has 1 amide bonds. The van der Waals surface area contributed by atoms with Crippen LogP contribution in [-0.2, 0) is 4.79 Å². The summed E-state index contributed by atoms with van der Waals surface area (Å²) in [5.74, 6) is 0.417. The van der Waals surface area contributed by atoms with Gasteiger partial charge in [0.05, 0.1) is 0 Å². The molecule has 0 aromatic carbocycles. The van der Waals surface area contributed by atoms with Crippen LogP contribution in [0.4, 0.5) is 0 Å². The molecule has 0 spiro atoms. The van der Waals surface area contributed by atoms with Crippen molar-refractivity contribution < 1.29 is 4.79 Å². The van der Waals surface area contributed by atoms with Crippen LogP contribution in [0, 0.1) is 5.92 Å². The van der Waals surface area contributed by atoms with Crippen LogP contribution in [0.25, 0.3) is 0 Å². The summed E-state index contributed by atoms with van der Waals surface area (Å²) in [5, 5.41) is 6.19. The quantitative estimate of drug-likeness (QED) is 0.493. The lowest BCUT2D eigenvalue weighted by atomic mass is 10.1. The van der Waals surface area contributed by atoms with Gasteiger partial charge in [-0.15, -0.1) is 0 Å². The van der Waals surface area contributed by atoms with Gasteiger partial charge < -0.3 is 10.6 Å². The molecule has 14 heavy (non-hydrogen) atoms. The monoisotopic (exact) mass is 196 g/mol. The summed E-state index contributed by atoms with van der Waals surface area (Å²) in [4.78, 5) is 11.5. The number of hydrogen-bond acceptors (Lipinski definition) is 2. The first-order valence-corrected chi connectivity index (χ1v) is 5.48. The summed E-state index contributed by atoms with van der Waals surface area (Å²) < 4.78 is 0. The van der Waals surface area contributed by atoms with Crippen molar-refractivity contribution in [3.05, 3.63) is 12.2 Å². The smallest absolute Gasteiger partial charge is 0.223 e. The summed E-state index contributed by atoms with van der Waals surface area (Å²) in [5.41, 5.74) is 0. The van der Waals surface area contributed by atoms with Crippen molar-refractivity contribution in [1.82, 2.24) is 10.6 Å². The maximum atomic E-state index is 11.5.